The van der Waals surface area contributed by atoms with Crippen molar-refractivity contribution < 1.29 is 14.6 Å². The van der Waals surface area contributed by atoms with E-state index in [-0.39, 0.29) is 11.9 Å². The van der Waals surface area contributed by atoms with Gasteiger partial charge in [0.2, 0.25) is 0 Å². The zero-order chi connectivity index (χ0) is 15.2. The summed E-state index contributed by atoms with van der Waals surface area (Å²) in [6, 6.07) is 7.47. The van der Waals surface area contributed by atoms with Crippen molar-refractivity contribution in [1.29, 1.82) is 0 Å². The smallest absolute Gasteiger partial charge is 0.321 e. The predicted octanol–water partition coefficient (Wildman–Crippen LogP) is 2.46. The maximum absolute atomic E-state index is 12.2. The molecule has 2 amide bonds. The molecule has 2 N–H and O–H groups in total. The van der Waals surface area contributed by atoms with Crippen LogP contribution in [0.2, 0.25) is 0 Å². The molecule has 1 aliphatic heterocycles. The Hall–Kier alpha value is -1.59. The van der Waals surface area contributed by atoms with E-state index in [0.29, 0.717) is 26.3 Å². The number of nitrogens with zero attached hydrogens (tertiary/aromatic N) is 1. The monoisotopic (exact) mass is 292 g/mol. The lowest BCUT2D eigenvalue weighted by molar-refractivity contribution is 0.0464. The van der Waals surface area contributed by atoms with Gasteiger partial charge in [-0.2, -0.15) is 0 Å². The summed E-state index contributed by atoms with van der Waals surface area (Å²) < 4.78 is 5.33. The van der Waals surface area contributed by atoms with Gasteiger partial charge in [0.15, 0.2) is 0 Å². The third kappa shape index (κ3) is 4.44. The van der Waals surface area contributed by atoms with Crippen LogP contribution in [-0.2, 0) is 11.3 Å². The quantitative estimate of drug-likeness (QED) is 0.896. The minimum Gasteiger partial charge on any atom is -0.391 e. The molecular formula is C16H24N2O3. The zero-order valence-corrected chi connectivity index (χ0v) is 12.7. The first-order valence-corrected chi connectivity index (χ1v) is 7.50. The number of anilines is 1. The van der Waals surface area contributed by atoms with Gasteiger partial charge in [-0.05, 0) is 37.0 Å². The first-order chi connectivity index (χ1) is 10.1. The van der Waals surface area contributed by atoms with Crippen LogP contribution in [-0.4, -0.2) is 41.8 Å². The molecule has 1 fully saturated rings. The highest BCUT2D eigenvalue weighted by atomic mass is 16.5. The topological polar surface area (TPSA) is 61.8 Å². The van der Waals surface area contributed by atoms with Crippen molar-refractivity contribution in [3.05, 3.63) is 29.8 Å². The summed E-state index contributed by atoms with van der Waals surface area (Å²) in [6.07, 6.45) is 0.403. The Labute approximate surface area is 125 Å². The second-order valence-electron chi connectivity index (χ2n) is 5.54. The van der Waals surface area contributed by atoms with Crippen LogP contribution >= 0.6 is 0 Å². The predicted molar refractivity (Wildman–Crippen MR) is 82.2 cm³/mol. The summed E-state index contributed by atoms with van der Waals surface area (Å²) in [5.74, 6) is 0.256. The number of aliphatic hydroxyl groups excluding tert-OH is 1. The number of nitrogens with one attached hydrogen (secondary N) is 1. The molecule has 2 unspecified atom stereocenters. The fourth-order valence-corrected chi connectivity index (χ4v) is 2.34. The van der Waals surface area contributed by atoms with Gasteiger partial charge in [0.05, 0.1) is 12.7 Å². The summed E-state index contributed by atoms with van der Waals surface area (Å²) >= 11 is 0. The Morgan fingerprint density at radius 3 is 2.76 bits per heavy atom. The minimum atomic E-state index is -0.432. The number of likely N-dealkylation sites (tertiary alicyclic amines) is 1. The number of rotatable bonds is 4. The summed E-state index contributed by atoms with van der Waals surface area (Å²) in [6.45, 7) is 6.33. The number of piperidine rings is 1. The second-order valence-corrected chi connectivity index (χ2v) is 5.54. The molecule has 116 valence electrons. The van der Waals surface area contributed by atoms with E-state index in [9.17, 15) is 9.90 Å². The summed E-state index contributed by atoms with van der Waals surface area (Å²) in [5, 5.41) is 12.7. The molecule has 5 heteroatoms. The third-order valence-electron chi connectivity index (χ3n) is 3.88. The van der Waals surface area contributed by atoms with E-state index in [1.807, 2.05) is 38.1 Å². The molecule has 0 radical (unpaired) electrons. The fraction of sp³-hybridized carbons (Fsp3) is 0.562. The number of carbonyl (C=O) groups is 1. The van der Waals surface area contributed by atoms with Gasteiger partial charge in [0.25, 0.3) is 0 Å². The molecule has 0 aromatic heterocycles. The Morgan fingerprint density at radius 2 is 2.14 bits per heavy atom. The van der Waals surface area contributed by atoms with Crippen LogP contribution in [0, 0.1) is 5.92 Å². The van der Waals surface area contributed by atoms with E-state index >= 15 is 0 Å². The van der Waals surface area contributed by atoms with E-state index in [4.69, 9.17) is 4.74 Å². The number of urea groups is 1. The maximum Gasteiger partial charge on any atom is 0.321 e. The number of hydrogen-bond donors (Lipinski definition) is 2. The van der Waals surface area contributed by atoms with E-state index in [1.165, 1.54) is 0 Å². The van der Waals surface area contributed by atoms with Crippen molar-refractivity contribution in [1.82, 2.24) is 4.90 Å². The van der Waals surface area contributed by atoms with Gasteiger partial charge < -0.3 is 20.1 Å². The molecule has 0 saturated carbocycles. The van der Waals surface area contributed by atoms with Crippen LogP contribution < -0.4 is 5.32 Å². The number of carbonyl (C=O) groups excluding carboxylic acids is 1. The fourth-order valence-electron chi connectivity index (χ4n) is 2.34. The maximum atomic E-state index is 12.2. The summed E-state index contributed by atoms with van der Waals surface area (Å²) in [7, 11) is 0. The van der Waals surface area contributed by atoms with Gasteiger partial charge in [-0.15, -0.1) is 0 Å². The van der Waals surface area contributed by atoms with E-state index in [1.54, 1.807) is 4.90 Å². The molecule has 0 spiro atoms. The SMILES string of the molecule is CCOCc1ccc(NC(=O)N2CCC(C)C(O)C2)cc1. The number of hydrogen-bond acceptors (Lipinski definition) is 3. The standard InChI is InChI=1S/C16H24N2O3/c1-3-21-11-13-4-6-14(7-5-13)17-16(20)18-9-8-12(2)15(19)10-18/h4-7,12,15,19H,3,8-11H2,1-2H3,(H,17,20). The Morgan fingerprint density at radius 1 is 1.43 bits per heavy atom. The van der Waals surface area contributed by atoms with Crippen molar-refractivity contribution in [3.63, 3.8) is 0 Å². The highest BCUT2D eigenvalue weighted by Crippen LogP contribution is 2.18. The Balaban J connectivity index is 1.87. The normalized spacial score (nSPS) is 22.1. The van der Waals surface area contributed by atoms with Crippen molar-refractivity contribution in [2.45, 2.75) is 33.0 Å². The van der Waals surface area contributed by atoms with Crippen LogP contribution in [0.25, 0.3) is 0 Å². The lowest BCUT2D eigenvalue weighted by Crippen LogP contribution is -2.47. The number of aliphatic hydroxyl groups is 1. The highest BCUT2D eigenvalue weighted by Gasteiger charge is 2.27. The van der Waals surface area contributed by atoms with Crippen LogP contribution in [0.3, 0.4) is 0 Å². The van der Waals surface area contributed by atoms with Gasteiger partial charge in [-0.3, -0.25) is 0 Å². The lowest BCUT2D eigenvalue weighted by atomic mass is 9.96. The van der Waals surface area contributed by atoms with E-state index in [2.05, 4.69) is 5.32 Å². The molecule has 1 heterocycles. The lowest BCUT2D eigenvalue weighted by Gasteiger charge is -2.34. The van der Waals surface area contributed by atoms with Gasteiger partial charge in [0, 0.05) is 25.4 Å². The average Bonchev–Trinajstić information content (AvgIpc) is 2.49. The largest absolute Gasteiger partial charge is 0.391 e. The van der Waals surface area contributed by atoms with Crippen LogP contribution in [0.1, 0.15) is 25.8 Å². The Kier molecular flexibility index (Phi) is 5.59. The Bertz CT molecular complexity index is 461. The zero-order valence-electron chi connectivity index (χ0n) is 12.7. The van der Waals surface area contributed by atoms with E-state index < -0.39 is 6.10 Å². The van der Waals surface area contributed by atoms with Crippen molar-refractivity contribution >= 4 is 11.7 Å². The van der Waals surface area contributed by atoms with Crippen LogP contribution in [0.4, 0.5) is 10.5 Å². The highest BCUT2D eigenvalue weighted by molar-refractivity contribution is 5.89. The van der Waals surface area contributed by atoms with Crippen molar-refractivity contribution in [2.75, 3.05) is 25.0 Å². The number of benzene rings is 1. The molecule has 5 nitrogen and oxygen atoms in total. The van der Waals surface area contributed by atoms with Crippen molar-refractivity contribution in [3.8, 4) is 0 Å². The van der Waals surface area contributed by atoms with Gasteiger partial charge >= 0.3 is 6.03 Å². The molecule has 1 aromatic carbocycles. The number of ether oxygens (including phenoxy) is 1. The van der Waals surface area contributed by atoms with E-state index in [0.717, 1.165) is 17.7 Å². The van der Waals surface area contributed by atoms with Gasteiger partial charge in [-0.1, -0.05) is 19.1 Å². The van der Waals surface area contributed by atoms with Crippen molar-refractivity contribution in [2.24, 2.45) is 5.92 Å². The first kappa shape index (κ1) is 15.8. The molecule has 1 saturated heterocycles. The summed E-state index contributed by atoms with van der Waals surface area (Å²) in [5.41, 5.74) is 1.84. The molecule has 21 heavy (non-hydrogen) atoms. The molecule has 2 rings (SSSR count). The first-order valence-electron chi connectivity index (χ1n) is 7.50. The minimum absolute atomic E-state index is 0.154. The summed E-state index contributed by atoms with van der Waals surface area (Å²) in [4.78, 5) is 13.8. The molecule has 1 aliphatic rings. The second kappa shape index (κ2) is 7.43. The number of β-amino-alcohol motifs (C(OH)–C–C–N with tert-alkyl or cyclic N) is 1. The van der Waals surface area contributed by atoms with Crippen LogP contribution in [0.15, 0.2) is 24.3 Å². The number of amides is 2. The molecule has 0 bridgehead atoms. The molecule has 2 atom stereocenters. The molecule has 1 aromatic rings. The van der Waals surface area contributed by atoms with Gasteiger partial charge in [0.1, 0.15) is 0 Å². The molecular weight excluding hydrogens is 268 g/mol. The third-order valence-corrected chi connectivity index (χ3v) is 3.88. The van der Waals surface area contributed by atoms with Crippen LogP contribution in [0.5, 0.6) is 0 Å². The average molecular weight is 292 g/mol. The molecule has 0 aliphatic carbocycles. The van der Waals surface area contributed by atoms with Gasteiger partial charge in [-0.25, -0.2) is 4.79 Å².